The molecule has 1 heterocycles. The van der Waals surface area contributed by atoms with E-state index in [-0.39, 0.29) is 12.0 Å². The second kappa shape index (κ2) is 6.44. The van der Waals surface area contributed by atoms with Crippen molar-refractivity contribution in [1.29, 1.82) is 0 Å². The second-order valence-corrected chi connectivity index (χ2v) is 6.02. The number of carbonyl (C=O) groups is 2. The van der Waals surface area contributed by atoms with E-state index in [1.165, 1.54) is 11.8 Å². The highest BCUT2D eigenvalue weighted by atomic mass is 19.4. The number of hydrogen-bond donors (Lipinski definition) is 1. The third kappa shape index (κ3) is 3.71. The number of carbonyl (C=O) groups excluding carboxylic acids is 1. The minimum Gasteiger partial charge on any atom is -0.480 e. The molecule has 1 aliphatic heterocycles. The molecular weight excluding hydrogens is 303 g/mol. The van der Waals surface area contributed by atoms with Crippen LogP contribution in [0.25, 0.3) is 0 Å². The number of carboxylic acid groups (broad SMARTS) is 1. The average molecular weight is 323 g/mol. The van der Waals surface area contributed by atoms with Gasteiger partial charge < -0.3 is 14.7 Å². The average Bonchev–Trinajstić information content (AvgIpc) is 2.82. The Morgan fingerprint density at radius 2 is 1.95 bits per heavy atom. The van der Waals surface area contributed by atoms with Crippen LogP contribution in [0.4, 0.5) is 13.2 Å². The van der Waals surface area contributed by atoms with Gasteiger partial charge in [-0.05, 0) is 32.1 Å². The van der Waals surface area contributed by atoms with E-state index in [9.17, 15) is 27.9 Å². The van der Waals surface area contributed by atoms with Gasteiger partial charge in [0.1, 0.15) is 18.8 Å². The zero-order chi connectivity index (χ0) is 16.5. The van der Waals surface area contributed by atoms with Crippen molar-refractivity contribution in [3.8, 4) is 0 Å². The van der Waals surface area contributed by atoms with Crippen LogP contribution in [0, 0.1) is 5.92 Å². The highest BCUT2D eigenvalue weighted by molar-refractivity contribution is 5.87. The zero-order valence-corrected chi connectivity index (χ0v) is 12.3. The quantitative estimate of drug-likeness (QED) is 0.861. The molecule has 1 saturated carbocycles. The van der Waals surface area contributed by atoms with Crippen molar-refractivity contribution in [2.45, 2.75) is 63.4 Å². The van der Waals surface area contributed by atoms with E-state index in [4.69, 9.17) is 0 Å². The van der Waals surface area contributed by atoms with Crippen LogP contribution in [0.3, 0.4) is 0 Å². The number of aliphatic carboxylic acids is 1. The van der Waals surface area contributed by atoms with E-state index in [0.29, 0.717) is 12.8 Å². The molecule has 22 heavy (non-hydrogen) atoms. The fourth-order valence-corrected chi connectivity index (χ4v) is 3.50. The SMILES string of the molecule is C[C@H](OCC(F)(F)F)C(=O)N1[C@@H]2CCCC[C@H]2C[C@H]1C(=O)O. The van der Waals surface area contributed by atoms with Gasteiger partial charge in [-0.25, -0.2) is 4.79 Å². The number of halogens is 3. The third-order valence-electron chi connectivity index (χ3n) is 4.47. The molecule has 2 rings (SSSR count). The lowest BCUT2D eigenvalue weighted by Crippen LogP contribution is -2.50. The first-order valence-corrected chi connectivity index (χ1v) is 7.44. The normalized spacial score (nSPS) is 30.0. The van der Waals surface area contributed by atoms with Crippen molar-refractivity contribution < 1.29 is 32.6 Å². The van der Waals surface area contributed by atoms with Crippen molar-refractivity contribution in [1.82, 2.24) is 4.90 Å². The van der Waals surface area contributed by atoms with E-state index in [2.05, 4.69) is 4.74 Å². The highest BCUT2D eigenvalue weighted by Gasteiger charge is 2.48. The molecule has 2 aliphatic rings. The van der Waals surface area contributed by atoms with E-state index in [0.717, 1.165) is 19.3 Å². The van der Waals surface area contributed by atoms with E-state index >= 15 is 0 Å². The molecule has 1 N–H and O–H groups in total. The Bertz CT molecular complexity index is 440. The summed E-state index contributed by atoms with van der Waals surface area (Å²) >= 11 is 0. The molecule has 126 valence electrons. The molecule has 1 aliphatic carbocycles. The minimum atomic E-state index is -4.51. The smallest absolute Gasteiger partial charge is 0.411 e. The minimum absolute atomic E-state index is 0.119. The first kappa shape index (κ1) is 17.1. The first-order valence-electron chi connectivity index (χ1n) is 7.44. The Hall–Kier alpha value is -1.31. The Balaban J connectivity index is 2.08. The molecule has 4 atom stereocenters. The Morgan fingerprint density at radius 3 is 2.55 bits per heavy atom. The Kier molecular flexibility index (Phi) is 4.99. The topological polar surface area (TPSA) is 66.8 Å². The number of amides is 1. The second-order valence-electron chi connectivity index (χ2n) is 6.02. The van der Waals surface area contributed by atoms with Crippen molar-refractivity contribution in [3.05, 3.63) is 0 Å². The van der Waals surface area contributed by atoms with Gasteiger partial charge in [-0.15, -0.1) is 0 Å². The number of ether oxygens (including phenoxy) is 1. The predicted molar refractivity (Wildman–Crippen MR) is 70.1 cm³/mol. The van der Waals surface area contributed by atoms with Gasteiger partial charge in [0.15, 0.2) is 0 Å². The van der Waals surface area contributed by atoms with Crippen LogP contribution in [0.15, 0.2) is 0 Å². The fourth-order valence-electron chi connectivity index (χ4n) is 3.50. The van der Waals surface area contributed by atoms with E-state index in [1.807, 2.05) is 0 Å². The van der Waals surface area contributed by atoms with Crippen molar-refractivity contribution >= 4 is 11.9 Å². The summed E-state index contributed by atoms with van der Waals surface area (Å²) in [6.45, 7) is -0.275. The number of fused-ring (bicyclic) bond motifs is 1. The summed E-state index contributed by atoms with van der Waals surface area (Å²) in [5.74, 6) is -1.65. The molecule has 0 aromatic rings. The molecule has 0 bridgehead atoms. The number of hydrogen-bond acceptors (Lipinski definition) is 3. The van der Waals surface area contributed by atoms with Crippen LogP contribution in [-0.2, 0) is 14.3 Å². The number of rotatable bonds is 4. The van der Waals surface area contributed by atoms with E-state index in [1.54, 1.807) is 0 Å². The Morgan fingerprint density at radius 1 is 1.32 bits per heavy atom. The van der Waals surface area contributed by atoms with Crippen LogP contribution < -0.4 is 0 Å². The molecule has 2 fully saturated rings. The lowest BCUT2D eigenvalue weighted by Gasteiger charge is -2.34. The van der Waals surface area contributed by atoms with Crippen molar-refractivity contribution in [2.75, 3.05) is 6.61 Å². The molecule has 1 saturated heterocycles. The largest absolute Gasteiger partial charge is 0.480 e. The summed E-state index contributed by atoms with van der Waals surface area (Å²) in [6.07, 6.45) is -1.99. The maximum Gasteiger partial charge on any atom is 0.411 e. The maximum atomic E-state index is 12.4. The van der Waals surface area contributed by atoms with Crippen molar-refractivity contribution in [2.24, 2.45) is 5.92 Å². The van der Waals surface area contributed by atoms with Crippen molar-refractivity contribution in [3.63, 3.8) is 0 Å². The summed E-state index contributed by atoms with van der Waals surface area (Å²) in [7, 11) is 0. The van der Waals surface area contributed by atoms with Crippen LogP contribution in [0.1, 0.15) is 39.0 Å². The fraction of sp³-hybridized carbons (Fsp3) is 0.857. The van der Waals surface area contributed by atoms with Crippen LogP contribution in [0.5, 0.6) is 0 Å². The van der Waals surface area contributed by atoms with Gasteiger partial charge in [-0.3, -0.25) is 4.79 Å². The summed E-state index contributed by atoms with van der Waals surface area (Å²) in [4.78, 5) is 25.0. The third-order valence-corrected chi connectivity index (χ3v) is 4.47. The number of nitrogens with zero attached hydrogens (tertiary/aromatic N) is 1. The molecule has 0 unspecified atom stereocenters. The number of likely N-dealkylation sites (tertiary alicyclic amines) is 1. The van der Waals surface area contributed by atoms with Gasteiger partial charge >= 0.3 is 12.1 Å². The zero-order valence-electron chi connectivity index (χ0n) is 12.3. The maximum absolute atomic E-state index is 12.4. The van der Waals surface area contributed by atoms with Crippen LogP contribution >= 0.6 is 0 Å². The van der Waals surface area contributed by atoms with Gasteiger partial charge in [0.2, 0.25) is 0 Å². The molecule has 8 heteroatoms. The van der Waals surface area contributed by atoms with Gasteiger partial charge in [0.05, 0.1) is 0 Å². The Labute approximate surface area is 126 Å². The molecule has 0 spiro atoms. The van der Waals surface area contributed by atoms with Crippen LogP contribution in [-0.4, -0.2) is 52.9 Å². The molecule has 0 aromatic carbocycles. The van der Waals surface area contributed by atoms with Gasteiger partial charge in [0, 0.05) is 6.04 Å². The number of alkyl halides is 3. The molecule has 0 aromatic heterocycles. The summed E-state index contributed by atoms with van der Waals surface area (Å²) in [5, 5.41) is 9.31. The monoisotopic (exact) mass is 323 g/mol. The molecule has 5 nitrogen and oxygen atoms in total. The highest BCUT2D eigenvalue weighted by Crippen LogP contribution is 2.40. The molecule has 1 amide bonds. The summed E-state index contributed by atoms with van der Waals surface area (Å²) in [6, 6.07) is -1.16. The van der Waals surface area contributed by atoms with E-state index < -0.39 is 36.8 Å². The molecule has 0 radical (unpaired) electrons. The number of carboxylic acids is 1. The van der Waals surface area contributed by atoms with Gasteiger partial charge in [0.25, 0.3) is 5.91 Å². The standard InChI is InChI=1S/C14H20F3NO4/c1-8(22-7-14(15,16)17)12(19)18-10-5-3-2-4-9(10)6-11(18)13(20)21/h8-11H,2-7H2,1H3,(H,20,21)/t8-,9-,10+,11-/m0/s1. The van der Waals surface area contributed by atoms with Crippen LogP contribution in [0.2, 0.25) is 0 Å². The molecular formula is C14H20F3NO4. The first-order chi connectivity index (χ1) is 10.2. The lowest BCUT2D eigenvalue weighted by molar-refractivity contribution is -0.190. The summed E-state index contributed by atoms with van der Waals surface area (Å²) in [5.41, 5.74) is 0. The lowest BCUT2D eigenvalue weighted by atomic mass is 9.84. The predicted octanol–water partition coefficient (Wildman–Crippen LogP) is 2.20. The van der Waals surface area contributed by atoms with Gasteiger partial charge in [-0.1, -0.05) is 12.8 Å². The van der Waals surface area contributed by atoms with Gasteiger partial charge in [-0.2, -0.15) is 13.2 Å². The summed E-state index contributed by atoms with van der Waals surface area (Å²) < 4.78 is 41.1.